The van der Waals surface area contributed by atoms with Crippen molar-refractivity contribution in [3.8, 4) is 5.75 Å². The lowest BCUT2D eigenvalue weighted by Crippen LogP contribution is -2.40. The van der Waals surface area contributed by atoms with Gasteiger partial charge in [-0.3, -0.25) is 0 Å². The third-order valence-electron chi connectivity index (χ3n) is 3.84. The smallest absolute Gasteiger partial charge is 0.134 e. The SMILES string of the molecule is OCC1CCCN(CCNCc2cccc(O)c2Cl)C1. The van der Waals surface area contributed by atoms with Gasteiger partial charge < -0.3 is 20.4 Å². The summed E-state index contributed by atoms with van der Waals surface area (Å²) in [6.45, 7) is 4.92. The van der Waals surface area contributed by atoms with Gasteiger partial charge in [0.15, 0.2) is 0 Å². The number of rotatable bonds is 6. The molecule has 2 rings (SSSR count). The summed E-state index contributed by atoms with van der Waals surface area (Å²) in [7, 11) is 0. The van der Waals surface area contributed by atoms with Crippen LogP contribution in [0.5, 0.6) is 5.75 Å². The molecule has 1 fully saturated rings. The Morgan fingerprint density at radius 3 is 3.05 bits per heavy atom. The third-order valence-corrected chi connectivity index (χ3v) is 4.28. The Bertz CT molecular complexity index is 428. The molecule has 112 valence electrons. The first-order chi connectivity index (χ1) is 9.70. The average molecular weight is 299 g/mol. The predicted octanol–water partition coefficient (Wildman–Crippen LogP) is 1.84. The Balaban J connectivity index is 1.70. The van der Waals surface area contributed by atoms with E-state index < -0.39 is 0 Å². The maximum absolute atomic E-state index is 9.53. The lowest BCUT2D eigenvalue weighted by Gasteiger charge is -2.31. The molecule has 0 bridgehead atoms. The maximum Gasteiger partial charge on any atom is 0.134 e. The number of benzene rings is 1. The molecule has 1 saturated heterocycles. The molecule has 0 radical (unpaired) electrons. The van der Waals surface area contributed by atoms with Crippen LogP contribution in [0.15, 0.2) is 18.2 Å². The van der Waals surface area contributed by atoms with E-state index in [0.717, 1.165) is 38.2 Å². The van der Waals surface area contributed by atoms with Gasteiger partial charge in [0.05, 0.1) is 5.02 Å². The second kappa shape index (κ2) is 7.84. The molecule has 1 aliphatic rings. The second-order valence-corrected chi connectivity index (χ2v) is 5.80. The van der Waals surface area contributed by atoms with E-state index in [9.17, 15) is 10.2 Å². The Kier molecular flexibility index (Phi) is 6.10. The van der Waals surface area contributed by atoms with E-state index in [-0.39, 0.29) is 5.75 Å². The first-order valence-electron chi connectivity index (χ1n) is 7.21. The molecule has 4 nitrogen and oxygen atoms in total. The number of aliphatic hydroxyl groups excluding tert-OH is 1. The summed E-state index contributed by atoms with van der Waals surface area (Å²) in [4.78, 5) is 2.39. The minimum absolute atomic E-state index is 0.132. The average Bonchev–Trinajstić information content (AvgIpc) is 2.48. The van der Waals surface area contributed by atoms with Gasteiger partial charge in [-0.05, 0) is 36.9 Å². The Hall–Kier alpha value is -0.810. The first kappa shape index (κ1) is 15.6. The first-order valence-corrected chi connectivity index (χ1v) is 7.58. The maximum atomic E-state index is 9.53. The Morgan fingerprint density at radius 1 is 1.40 bits per heavy atom. The van der Waals surface area contributed by atoms with Gasteiger partial charge in [-0.25, -0.2) is 0 Å². The van der Waals surface area contributed by atoms with Gasteiger partial charge in [0, 0.05) is 32.8 Å². The monoisotopic (exact) mass is 298 g/mol. The number of hydrogen-bond acceptors (Lipinski definition) is 4. The number of piperidine rings is 1. The van der Waals surface area contributed by atoms with Crippen molar-refractivity contribution < 1.29 is 10.2 Å². The van der Waals surface area contributed by atoms with Crippen LogP contribution in [-0.4, -0.2) is 47.9 Å². The molecule has 0 aliphatic carbocycles. The molecule has 1 aromatic rings. The molecule has 0 amide bonds. The number of phenolic OH excluding ortho intramolecular Hbond substituents is 1. The molecule has 1 unspecified atom stereocenters. The van der Waals surface area contributed by atoms with E-state index in [1.54, 1.807) is 12.1 Å². The minimum Gasteiger partial charge on any atom is -0.506 e. The predicted molar refractivity (Wildman–Crippen MR) is 81.1 cm³/mol. The fraction of sp³-hybridized carbons (Fsp3) is 0.600. The number of aliphatic hydroxyl groups is 1. The highest BCUT2D eigenvalue weighted by Gasteiger charge is 2.18. The Labute approximate surface area is 125 Å². The quantitative estimate of drug-likeness (QED) is 0.702. The topological polar surface area (TPSA) is 55.7 Å². The molecule has 5 heteroatoms. The molecule has 1 aliphatic heterocycles. The third kappa shape index (κ3) is 4.35. The van der Waals surface area contributed by atoms with E-state index >= 15 is 0 Å². The molecule has 0 saturated carbocycles. The van der Waals surface area contributed by atoms with Crippen molar-refractivity contribution in [2.45, 2.75) is 19.4 Å². The highest BCUT2D eigenvalue weighted by molar-refractivity contribution is 6.32. The van der Waals surface area contributed by atoms with Gasteiger partial charge in [-0.2, -0.15) is 0 Å². The number of halogens is 1. The second-order valence-electron chi connectivity index (χ2n) is 5.42. The van der Waals surface area contributed by atoms with Crippen molar-refractivity contribution >= 4 is 11.6 Å². The van der Waals surface area contributed by atoms with Crippen molar-refractivity contribution in [1.29, 1.82) is 0 Å². The highest BCUT2D eigenvalue weighted by atomic mass is 35.5. The van der Waals surface area contributed by atoms with E-state index in [4.69, 9.17) is 11.6 Å². The summed E-state index contributed by atoms with van der Waals surface area (Å²) >= 11 is 6.03. The molecule has 3 N–H and O–H groups in total. The van der Waals surface area contributed by atoms with Gasteiger partial charge in [0.1, 0.15) is 5.75 Å². The molecule has 1 heterocycles. The van der Waals surface area contributed by atoms with E-state index in [1.807, 2.05) is 6.07 Å². The van der Waals surface area contributed by atoms with Crippen molar-refractivity contribution in [3.63, 3.8) is 0 Å². The summed E-state index contributed by atoms with van der Waals surface area (Å²) < 4.78 is 0. The molecule has 0 aromatic heterocycles. The van der Waals surface area contributed by atoms with Crippen LogP contribution in [-0.2, 0) is 6.54 Å². The lowest BCUT2D eigenvalue weighted by molar-refractivity contribution is 0.121. The molecular formula is C15H23ClN2O2. The van der Waals surface area contributed by atoms with Crippen molar-refractivity contribution in [1.82, 2.24) is 10.2 Å². The number of nitrogens with one attached hydrogen (secondary N) is 1. The van der Waals surface area contributed by atoms with Crippen molar-refractivity contribution in [2.24, 2.45) is 5.92 Å². The summed E-state index contributed by atoms with van der Waals surface area (Å²) in [5.41, 5.74) is 0.915. The van der Waals surface area contributed by atoms with Gasteiger partial charge in [-0.1, -0.05) is 23.7 Å². The van der Waals surface area contributed by atoms with Gasteiger partial charge in [0.25, 0.3) is 0 Å². The molecule has 1 aromatic carbocycles. The van der Waals surface area contributed by atoms with Crippen LogP contribution in [0.2, 0.25) is 5.02 Å². The lowest BCUT2D eigenvalue weighted by atomic mass is 9.99. The molecule has 20 heavy (non-hydrogen) atoms. The van der Waals surface area contributed by atoms with Crippen LogP contribution < -0.4 is 5.32 Å². The zero-order valence-corrected chi connectivity index (χ0v) is 12.4. The standard InChI is InChI=1S/C15H23ClN2O2/c16-15-13(4-1-5-14(15)20)9-17-6-8-18-7-2-3-12(10-18)11-19/h1,4-5,12,17,19-20H,2-3,6-11H2. The van der Waals surface area contributed by atoms with E-state index in [2.05, 4.69) is 10.2 Å². The summed E-state index contributed by atoms with van der Waals surface area (Å²) in [5, 5.41) is 22.5. The van der Waals surface area contributed by atoms with Crippen LogP contribution in [0.1, 0.15) is 18.4 Å². The van der Waals surface area contributed by atoms with Crippen LogP contribution in [0.4, 0.5) is 0 Å². The van der Waals surface area contributed by atoms with Crippen molar-refractivity contribution in [3.05, 3.63) is 28.8 Å². The minimum atomic E-state index is 0.132. The fourth-order valence-electron chi connectivity index (χ4n) is 2.67. The number of nitrogens with zero attached hydrogens (tertiary/aromatic N) is 1. The largest absolute Gasteiger partial charge is 0.506 e. The number of phenols is 1. The fourth-order valence-corrected chi connectivity index (χ4v) is 2.86. The Morgan fingerprint density at radius 2 is 2.25 bits per heavy atom. The molecular weight excluding hydrogens is 276 g/mol. The summed E-state index contributed by atoms with van der Waals surface area (Å²) in [5.74, 6) is 0.567. The van der Waals surface area contributed by atoms with Gasteiger partial charge in [0.2, 0.25) is 0 Å². The van der Waals surface area contributed by atoms with Crippen molar-refractivity contribution in [2.75, 3.05) is 32.8 Å². The van der Waals surface area contributed by atoms with Crippen LogP contribution in [0, 0.1) is 5.92 Å². The van der Waals surface area contributed by atoms with E-state index in [1.165, 1.54) is 6.42 Å². The highest BCUT2D eigenvalue weighted by Crippen LogP contribution is 2.26. The van der Waals surface area contributed by atoms with Crippen LogP contribution in [0.25, 0.3) is 0 Å². The molecule has 0 spiro atoms. The number of aromatic hydroxyl groups is 1. The number of likely N-dealkylation sites (tertiary alicyclic amines) is 1. The van der Waals surface area contributed by atoms with Crippen LogP contribution in [0.3, 0.4) is 0 Å². The van der Waals surface area contributed by atoms with Gasteiger partial charge >= 0.3 is 0 Å². The van der Waals surface area contributed by atoms with E-state index in [0.29, 0.717) is 24.1 Å². The zero-order chi connectivity index (χ0) is 14.4. The summed E-state index contributed by atoms with van der Waals surface area (Å²) in [6.07, 6.45) is 2.31. The normalized spacial score (nSPS) is 20.2. The molecule has 1 atom stereocenters. The van der Waals surface area contributed by atoms with Crippen LogP contribution >= 0.6 is 11.6 Å². The zero-order valence-electron chi connectivity index (χ0n) is 11.7. The van der Waals surface area contributed by atoms with Gasteiger partial charge in [-0.15, -0.1) is 0 Å². The number of hydrogen-bond donors (Lipinski definition) is 3. The summed E-state index contributed by atoms with van der Waals surface area (Å²) in [6, 6.07) is 5.31.